The second-order valence-corrected chi connectivity index (χ2v) is 5.11. The molecule has 1 unspecified atom stereocenters. The van der Waals surface area contributed by atoms with Crippen LogP contribution in [0.25, 0.3) is 0 Å². The van der Waals surface area contributed by atoms with Crippen molar-refractivity contribution < 1.29 is 4.79 Å². The minimum atomic E-state index is 0.0265. The Balaban J connectivity index is 2.08. The van der Waals surface area contributed by atoms with Gasteiger partial charge in [-0.3, -0.25) is 9.78 Å². The number of aryl methyl sites for hydroxylation is 1. The molecule has 0 aromatic carbocycles. The monoisotopic (exact) mass is 247 g/mol. The highest BCUT2D eigenvalue weighted by Gasteiger charge is 2.27. The van der Waals surface area contributed by atoms with Gasteiger partial charge in [0.25, 0.3) is 5.91 Å². The number of hydrogen-bond donors (Lipinski definition) is 1. The van der Waals surface area contributed by atoms with Crippen LogP contribution < -0.4 is 5.73 Å². The Morgan fingerprint density at radius 3 is 3.06 bits per heavy atom. The van der Waals surface area contributed by atoms with Gasteiger partial charge in [-0.05, 0) is 31.7 Å². The third-order valence-electron chi connectivity index (χ3n) is 3.57. The molecule has 4 nitrogen and oxygen atoms in total. The number of carbonyl (C=O) groups excluding carboxylic acids is 1. The van der Waals surface area contributed by atoms with Gasteiger partial charge < -0.3 is 10.6 Å². The molecule has 1 saturated heterocycles. The van der Waals surface area contributed by atoms with Crippen molar-refractivity contribution in [2.45, 2.75) is 33.1 Å². The summed E-state index contributed by atoms with van der Waals surface area (Å²) in [5.41, 5.74) is 7.81. The number of anilines is 1. The van der Waals surface area contributed by atoms with Crippen LogP contribution in [0.2, 0.25) is 0 Å². The van der Waals surface area contributed by atoms with E-state index in [0.717, 1.165) is 25.2 Å². The lowest BCUT2D eigenvalue weighted by Crippen LogP contribution is -2.29. The van der Waals surface area contributed by atoms with Crippen LogP contribution in [-0.4, -0.2) is 28.9 Å². The van der Waals surface area contributed by atoms with Gasteiger partial charge in [-0.15, -0.1) is 0 Å². The molecule has 0 saturated carbocycles. The first-order chi connectivity index (χ1) is 8.61. The number of pyridine rings is 1. The van der Waals surface area contributed by atoms with Gasteiger partial charge in [-0.1, -0.05) is 13.3 Å². The highest BCUT2D eigenvalue weighted by molar-refractivity contribution is 5.99. The van der Waals surface area contributed by atoms with E-state index in [4.69, 9.17) is 5.73 Å². The molecule has 0 spiro atoms. The zero-order chi connectivity index (χ0) is 13.1. The van der Waals surface area contributed by atoms with Gasteiger partial charge in [0.05, 0.1) is 5.56 Å². The topological polar surface area (TPSA) is 59.2 Å². The minimum absolute atomic E-state index is 0.0265. The van der Waals surface area contributed by atoms with Crippen molar-refractivity contribution in [1.82, 2.24) is 9.88 Å². The maximum absolute atomic E-state index is 12.3. The largest absolute Gasteiger partial charge is 0.398 e. The summed E-state index contributed by atoms with van der Waals surface area (Å²) in [6.45, 7) is 5.76. The van der Waals surface area contributed by atoms with Crippen molar-refractivity contribution in [3.8, 4) is 0 Å². The summed E-state index contributed by atoms with van der Waals surface area (Å²) in [5, 5.41) is 0. The molecule has 0 radical (unpaired) electrons. The molecule has 2 N–H and O–H groups in total. The van der Waals surface area contributed by atoms with E-state index in [1.165, 1.54) is 12.8 Å². The van der Waals surface area contributed by atoms with E-state index in [1.807, 2.05) is 11.8 Å². The molecule has 0 aliphatic carbocycles. The fraction of sp³-hybridized carbons (Fsp3) is 0.571. The van der Waals surface area contributed by atoms with Gasteiger partial charge in [0.2, 0.25) is 0 Å². The molecule has 2 heterocycles. The summed E-state index contributed by atoms with van der Waals surface area (Å²) >= 11 is 0. The fourth-order valence-corrected chi connectivity index (χ4v) is 2.59. The van der Waals surface area contributed by atoms with E-state index in [2.05, 4.69) is 11.9 Å². The molecule has 1 aliphatic rings. The van der Waals surface area contributed by atoms with Crippen molar-refractivity contribution >= 4 is 11.6 Å². The van der Waals surface area contributed by atoms with Crippen LogP contribution in [0.5, 0.6) is 0 Å². The van der Waals surface area contributed by atoms with Gasteiger partial charge in [0.1, 0.15) is 0 Å². The quantitative estimate of drug-likeness (QED) is 0.891. The van der Waals surface area contributed by atoms with Crippen LogP contribution in [0.15, 0.2) is 12.3 Å². The normalized spacial score (nSPS) is 19.2. The van der Waals surface area contributed by atoms with Gasteiger partial charge in [0, 0.05) is 30.7 Å². The summed E-state index contributed by atoms with van der Waals surface area (Å²) in [6.07, 6.45) is 5.09. The summed E-state index contributed by atoms with van der Waals surface area (Å²) in [5.74, 6) is 0.678. The summed E-state index contributed by atoms with van der Waals surface area (Å²) in [6, 6.07) is 1.76. The minimum Gasteiger partial charge on any atom is -0.398 e. The average molecular weight is 247 g/mol. The number of amides is 1. The predicted molar refractivity (Wildman–Crippen MR) is 72.3 cm³/mol. The van der Waals surface area contributed by atoms with Crippen molar-refractivity contribution in [2.24, 2.45) is 5.92 Å². The molecule has 1 atom stereocenters. The van der Waals surface area contributed by atoms with Gasteiger partial charge in [-0.25, -0.2) is 0 Å². The zero-order valence-electron chi connectivity index (χ0n) is 11.1. The Bertz CT molecular complexity index is 445. The number of nitrogens with zero attached hydrogens (tertiary/aromatic N) is 2. The molecule has 4 heteroatoms. The molecule has 1 aromatic rings. The third-order valence-corrected chi connectivity index (χ3v) is 3.57. The molecule has 1 aliphatic heterocycles. The Labute approximate surface area is 108 Å². The Morgan fingerprint density at radius 2 is 2.39 bits per heavy atom. The molecule has 0 bridgehead atoms. The predicted octanol–water partition coefficient (Wildman–Crippen LogP) is 2.23. The van der Waals surface area contributed by atoms with Gasteiger partial charge in [-0.2, -0.15) is 0 Å². The first kappa shape index (κ1) is 12.9. The van der Waals surface area contributed by atoms with Gasteiger partial charge >= 0.3 is 0 Å². The lowest BCUT2D eigenvalue weighted by molar-refractivity contribution is 0.0787. The summed E-state index contributed by atoms with van der Waals surface area (Å²) in [4.78, 5) is 18.4. The molecule has 98 valence electrons. The molecular weight excluding hydrogens is 226 g/mol. The maximum atomic E-state index is 12.3. The van der Waals surface area contributed by atoms with E-state index in [-0.39, 0.29) is 5.91 Å². The molecule has 1 aromatic heterocycles. The van der Waals surface area contributed by atoms with E-state index in [9.17, 15) is 4.79 Å². The number of nitrogen functional groups attached to an aromatic ring is 1. The standard InChI is InChI=1S/C14H21N3O/c1-3-4-11-5-6-17(9-11)14(18)12-8-16-10(2)7-13(12)15/h7-8,11H,3-6,9H2,1-2H3,(H2,15,16). The van der Waals surface area contributed by atoms with Crippen LogP contribution in [0, 0.1) is 12.8 Å². The smallest absolute Gasteiger partial charge is 0.257 e. The lowest BCUT2D eigenvalue weighted by atomic mass is 10.0. The van der Waals surface area contributed by atoms with Crippen LogP contribution in [0.3, 0.4) is 0 Å². The lowest BCUT2D eigenvalue weighted by Gasteiger charge is -2.17. The number of aromatic nitrogens is 1. The van der Waals surface area contributed by atoms with Crippen molar-refractivity contribution in [3.63, 3.8) is 0 Å². The third kappa shape index (κ3) is 2.63. The number of rotatable bonds is 3. The molecule has 2 rings (SSSR count). The van der Waals surface area contributed by atoms with Crippen LogP contribution in [-0.2, 0) is 0 Å². The molecule has 1 fully saturated rings. The fourth-order valence-electron chi connectivity index (χ4n) is 2.59. The second kappa shape index (κ2) is 5.38. The number of carbonyl (C=O) groups is 1. The van der Waals surface area contributed by atoms with E-state index in [0.29, 0.717) is 17.2 Å². The number of hydrogen-bond acceptors (Lipinski definition) is 3. The first-order valence-corrected chi connectivity index (χ1v) is 6.63. The average Bonchev–Trinajstić information content (AvgIpc) is 2.77. The zero-order valence-corrected chi connectivity index (χ0v) is 11.1. The van der Waals surface area contributed by atoms with Crippen LogP contribution in [0.1, 0.15) is 42.2 Å². The molecule has 1 amide bonds. The summed E-state index contributed by atoms with van der Waals surface area (Å²) in [7, 11) is 0. The van der Waals surface area contributed by atoms with Crippen molar-refractivity contribution in [3.05, 3.63) is 23.5 Å². The molecular formula is C14H21N3O. The summed E-state index contributed by atoms with van der Waals surface area (Å²) < 4.78 is 0. The Kier molecular flexibility index (Phi) is 3.84. The van der Waals surface area contributed by atoms with E-state index < -0.39 is 0 Å². The number of nitrogens with two attached hydrogens (primary N) is 1. The highest BCUT2D eigenvalue weighted by atomic mass is 16.2. The van der Waals surface area contributed by atoms with E-state index in [1.54, 1.807) is 12.3 Å². The van der Waals surface area contributed by atoms with E-state index >= 15 is 0 Å². The first-order valence-electron chi connectivity index (χ1n) is 6.63. The van der Waals surface area contributed by atoms with Crippen molar-refractivity contribution in [2.75, 3.05) is 18.8 Å². The number of likely N-dealkylation sites (tertiary alicyclic amines) is 1. The second-order valence-electron chi connectivity index (χ2n) is 5.11. The SMILES string of the molecule is CCCC1CCN(C(=O)c2cnc(C)cc2N)C1. The maximum Gasteiger partial charge on any atom is 0.257 e. The van der Waals surface area contributed by atoms with Crippen molar-refractivity contribution in [1.29, 1.82) is 0 Å². The Morgan fingerprint density at radius 1 is 1.61 bits per heavy atom. The van der Waals surface area contributed by atoms with Crippen LogP contribution >= 0.6 is 0 Å². The Hall–Kier alpha value is -1.58. The molecule has 18 heavy (non-hydrogen) atoms. The van der Waals surface area contributed by atoms with Crippen LogP contribution in [0.4, 0.5) is 5.69 Å². The van der Waals surface area contributed by atoms with Gasteiger partial charge in [0.15, 0.2) is 0 Å². The highest BCUT2D eigenvalue weighted by Crippen LogP contribution is 2.24.